The van der Waals surface area contributed by atoms with Crippen molar-refractivity contribution in [3.05, 3.63) is 66.1 Å². The van der Waals surface area contributed by atoms with Crippen LogP contribution < -0.4 is 10.6 Å². The molecule has 0 aliphatic rings. The number of amidine groups is 1. The first-order chi connectivity index (χ1) is 10.1. The Balaban J connectivity index is 1.89. The standard InChI is InChI=1S/C16H17N5/c1-20(14-7-3-2-6-13(14)16(17)18)10-12-11-21-9-5-4-8-15(21)19-12/h2-9,11H,10H2,1H3,(H3,17,18). The van der Waals surface area contributed by atoms with Crippen molar-refractivity contribution in [2.24, 2.45) is 5.73 Å². The van der Waals surface area contributed by atoms with Gasteiger partial charge in [-0.3, -0.25) is 5.41 Å². The Morgan fingerprint density at radius 3 is 2.76 bits per heavy atom. The number of nitrogens with two attached hydrogens (primary N) is 1. The van der Waals surface area contributed by atoms with Gasteiger partial charge in [-0.05, 0) is 24.3 Å². The SMILES string of the molecule is CN(Cc1cn2ccccc2n1)c1ccccc1C(=N)N. The van der Waals surface area contributed by atoms with E-state index < -0.39 is 0 Å². The van der Waals surface area contributed by atoms with Crippen molar-refractivity contribution in [1.82, 2.24) is 9.38 Å². The number of nitrogens with one attached hydrogen (secondary N) is 1. The molecule has 0 spiro atoms. The van der Waals surface area contributed by atoms with E-state index in [1.807, 2.05) is 66.3 Å². The van der Waals surface area contributed by atoms with Crippen LogP contribution in [0.25, 0.3) is 5.65 Å². The number of nitrogens with zero attached hydrogens (tertiary/aromatic N) is 3. The zero-order valence-electron chi connectivity index (χ0n) is 11.8. The van der Waals surface area contributed by atoms with Crippen LogP contribution in [0.2, 0.25) is 0 Å². The molecule has 5 heteroatoms. The average molecular weight is 279 g/mol. The van der Waals surface area contributed by atoms with Crippen molar-refractivity contribution in [3.63, 3.8) is 0 Å². The second kappa shape index (κ2) is 5.28. The molecule has 0 unspecified atom stereocenters. The second-order valence-corrected chi connectivity index (χ2v) is 4.99. The maximum absolute atomic E-state index is 7.67. The lowest BCUT2D eigenvalue weighted by atomic mass is 10.1. The number of imidazole rings is 1. The summed E-state index contributed by atoms with van der Waals surface area (Å²) in [5, 5.41) is 7.67. The molecule has 21 heavy (non-hydrogen) atoms. The van der Waals surface area contributed by atoms with Crippen molar-refractivity contribution in [2.45, 2.75) is 6.54 Å². The van der Waals surface area contributed by atoms with E-state index in [4.69, 9.17) is 11.1 Å². The van der Waals surface area contributed by atoms with Gasteiger partial charge in [-0.2, -0.15) is 0 Å². The number of aromatic nitrogens is 2. The van der Waals surface area contributed by atoms with Crippen molar-refractivity contribution in [1.29, 1.82) is 5.41 Å². The van der Waals surface area contributed by atoms with Crippen LogP contribution in [0.4, 0.5) is 5.69 Å². The second-order valence-electron chi connectivity index (χ2n) is 4.99. The third-order valence-electron chi connectivity index (χ3n) is 3.42. The summed E-state index contributed by atoms with van der Waals surface area (Å²) in [5.41, 5.74) is 9.22. The number of rotatable bonds is 4. The fraction of sp³-hybridized carbons (Fsp3) is 0.125. The summed E-state index contributed by atoms with van der Waals surface area (Å²) in [7, 11) is 1.98. The summed E-state index contributed by atoms with van der Waals surface area (Å²) in [6.07, 6.45) is 4.00. The molecule has 0 radical (unpaired) electrons. The molecular weight excluding hydrogens is 262 g/mol. The average Bonchev–Trinajstić information content (AvgIpc) is 2.89. The lowest BCUT2D eigenvalue weighted by molar-refractivity contribution is 0.894. The van der Waals surface area contributed by atoms with E-state index in [1.165, 1.54) is 0 Å². The number of pyridine rings is 1. The molecule has 0 fully saturated rings. The first-order valence-electron chi connectivity index (χ1n) is 6.72. The zero-order valence-corrected chi connectivity index (χ0v) is 11.8. The lowest BCUT2D eigenvalue weighted by Crippen LogP contribution is -2.22. The fourth-order valence-electron chi connectivity index (χ4n) is 2.43. The van der Waals surface area contributed by atoms with E-state index in [2.05, 4.69) is 9.88 Å². The summed E-state index contributed by atoms with van der Waals surface area (Å²) in [5.74, 6) is 0.0763. The Morgan fingerprint density at radius 2 is 2.00 bits per heavy atom. The van der Waals surface area contributed by atoms with Crippen LogP contribution in [0, 0.1) is 5.41 Å². The summed E-state index contributed by atoms with van der Waals surface area (Å²) in [4.78, 5) is 6.64. The molecule has 0 aliphatic heterocycles. The van der Waals surface area contributed by atoms with Gasteiger partial charge < -0.3 is 15.0 Å². The highest BCUT2D eigenvalue weighted by atomic mass is 15.1. The predicted octanol–water partition coefficient (Wildman–Crippen LogP) is 2.25. The quantitative estimate of drug-likeness (QED) is 0.568. The summed E-state index contributed by atoms with van der Waals surface area (Å²) >= 11 is 0. The molecule has 3 aromatic rings. The summed E-state index contributed by atoms with van der Waals surface area (Å²) < 4.78 is 2.00. The van der Waals surface area contributed by atoms with E-state index in [-0.39, 0.29) is 5.84 Å². The van der Waals surface area contributed by atoms with Crippen molar-refractivity contribution in [3.8, 4) is 0 Å². The zero-order chi connectivity index (χ0) is 14.8. The van der Waals surface area contributed by atoms with Gasteiger partial charge in [0.15, 0.2) is 0 Å². The minimum atomic E-state index is 0.0763. The monoisotopic (exact) mass is 279 g/mol. The van der Waals surface area contributed by atoms with E-state index in [0.29, 0.717) is 6.54 Å². The Bertz CT molecular complexity index is 757. The van der Waals surface area contributed by atoms with Crippen LogP contribution in [0.3, 0.4) is 0 Å². The van der Waals surface area contributed by atoms with E-state index >= 15 is 0 Å². The Hall–Kier alpha value is -2.82. The van der Waals surface area contributed by atoms with Gasteiger partial charge in [0.1, 0.15) is 11.5 Å². The minimum absolute atomic E-state index is 0.0763. The number of fused-ring (bicyclic) bond motifs is 1. The van der Waals surface area contributed by atoms with Crippen LogP contribution in [-0.2, 0) is 6.54 Å². The van der Waals surface area contributed by atoms with Gasteiger partial charge in [0, 0.05) is 30.7 Å². The summed E-state index contributed by atoms with van der Waals surface area (Å²) in [6.45, 7) is 0.659. The predicted molar refractivity (Wildman–Crippen MR) is 84.8 cm³/mol. The van der Waals surface area contributed by atoms with E-state index in [0.717, 1.165) is 22.6 Å². The van der Waals surface area contributed by atoms with Gasteiger partial charge in [0.25, 0.3) is 0 Å². The molecule has 2 heterocycles. The molecule has 5 nitrogen and oxygen atoms in total. The van der Waals surface area contributed by atoms with Crippen LogP contribution in [0.15, 0.2) is 54.9 Å². The summed E-state index contributed by atoms with van der Waals surface area (Å²) in [6, 6.07) is 13.6. The molecule has 2 aromatic heterocycles. The largest absolute Gasteiger partial charge is 0.384 e. The smallest absolute Gasteiger partial charge is 0.137 e. The number of hydrogen-bond donors (Lipinski definition) is 2. The molecule has 3 N–H and O–H groups in total. The van der Waals surface area contributed by atoms with Gasteiger partial charge in [0.05, 0.1) is 12.2 Å². The molecule has 0 aliphatic carbocycles. The van der Waals surface area contributed by atoms with Gasteiger partial charge in [-0.25, -0.2) is 4.98 Å². The van der Waals surface area contributed by atoms with Crippen LogP contribution in [0.1, 0.15) is 11.3 Å². The molecule has 1 aromatic carbocycles. The molecule has 3 rings (SSSR count). The van der Waals surface area contributed by atoms with Crippen molar-refractivity contribution >= 4 is 17.2 Å². The number of para-hydroxylation sites is 1. The first-order valence-corrected chi connectivity index (χ1v) is 6.72. The van der Waals surface area contributed by atoms with Crippen molar-refractivity contribution < 1.29 is 0 Å². The molecule has 0 atom stereocenters. The lowest BCUT2D eigenvalue weighted by Gasteiger charge is -2.21. The third kappa shape index (κ3) is 2.58. The highest BCUT2D eigenvalue weighted by Gasteiger charge is 2.11. The number of nitrogen functional groups attached to an aromatic ring is 1. The van der Waals surface area contributed by atoms with E-state index in [9.17, 15) is 0 Å². The molecule has 0 saturated heterocycles. The maximum atomic E-state index is 7.67. The van der Waals surface area contributed by atoms with Gasteiger partial charge >= 0.3 is 0 Å². The normalized spacial score (nSPS) is 10.7. The highest BCUT2D eigenvalue weighted by Crippen LogP contribution is 2.20. The number of benzene rings is 1. The highest BCUT2D eigenvalue weighted by molar-refractivity contribution is 6.00. The number of hydrogen-bond acceptors (Lipinski definition) is 3. The topological polar surface area (TPSA) is 70.4 Å². The van der Waals surface area contributed by atoms with Crippen LogP contribution >= 0.6 is 0 Å². The Labute approximate surface area is 123 Å². The Morgan fingerprint density at radius 1 is 1.24 bits per heavy atom. The molecular formula is C16H17N5. The third-order valence-corrected chi connectivity index (χ3v) is 3.42. The first kappa shape index (κ1) is 13.2. The maximum Gasteiger partial charge on any atom is 0.137 e. The van der Waals surface area contributed by atoms with Crippen molar-refractivity contribution in [2.75, 3.05) is 11.9 Å². The number of anilines is 1. The van der Waals surface area contributed by atoms with E-state index in [1.54, 1.807) is 0 Å². The molecule has 0 saturated carbocycles. The van der Waals surface area contributed by atoms with Crippen LogP contribution in [-0.4, -0.2) is 22.3 Å². The Kier molecular flexibility index (Phi) is 3.31. The van der Waals surface area contributed by atoms with Gasteiger partial charge in [0.2, 0.25) is 0 Å². The minimum Gasteiger partial charge on any atom is -0.384 e. The van der Waals surface area contributed by atoms with Gasteiger partial charge in [-0.1, -0.05) is 18.2 Å². The molecule has 0 amide bonds. The van der Waals surface area contributed by atoms with Gasteiger partial charge in [-0.15, -0.1) is 0 Å². The molecule has 106 valence electrons. The fourth-order valence-corrected chi connectivity index (χ4v) is 2.43. The molecule has 0 bridgehead atoms. The van der Waals surface area contributed by atoms with Crippen LogP contribution in [0.5, 0.6) is 0 Å².